The van der Waals surface area contributed by atoms with E-state index in [1.54, 1.807) is 7.11 Å². The number of hydrogen-bond donors (Lipinski definition) is 1. The minimum Gasteiger partial charge on any atom is -0.385 e. The van der Waals surface area contributed by atoms with Gasteiger partial charge in [-0.05, 0) is 24.6 Å². The van der Waals surface area contributed by atoms with Gasteiger partial charge in [0.2, 0.25) is 0 Å². The second-order valence-electron chi connectivity index (χ2n) is 4.09. The summed E-state index contributed by atoms with van der Waals surface area (Å²) >= 11 is 2.05. The van der Waals surface area contributed by atoms with Crippen LogP contribution in [0.1, 0.15) is 27.2 Å². The van der Waals surface area contributed by atoms with Gasteiger partial charge in [-0.15, -0.1) is 0 Å². The molecule has 0 aromatic carbocycles. The van der Waals surface area contributed by atoms with Crippen LogP contribution in [0.2, 0.25) is 0 Å². The van der Waals surface area contributed by atoms with E-state index in [0.717, 1.165) is 37.3 Å². The van der Waals surface area contributed by atoms with Gasteiger partial charge in [0.15, 0.2) is 0 Å². The Kier molecular flexibility index (Phi) is 10.0. The lowest BCUT2D eigenvalue weighted by Gasteiger charge is -2.13. The third-order valence-corrected chi connectivity index (χ3v) is 3.44. The van der Waals surface area contributed by atoms with Gasteiger partial charge in [0.25, 0.3) is 0 Å². The van der Waals surface area contributed by atoms with Gasteiger partial charge in [-0.2, -0.15) is 11.8 Å². The first kappa shape index (κ1) is 14.3. The molecule has 0 aliphatic carbocycles. The molecule has 1 atom stereocenters. The van der Waals surface area contributed by atoms with E-state index in [9.17, 15) is 0 Å². The fraction of sp³-hybridized carbons (Fsp3) is 1.00. The Bertz CT molecular complexity index is 120. The molecule has 1 N–H and O–H groups in total. The first-order valence-electron chi connectivity index (χ1n) is 5.48. The molecule has 14 heavy (non-hydrogen) atoms. The highest BCUT2D eigenvalue weighted by molar-refractivity contribution is 7.99. The predicted octanol–water partition coefficient (Wildman–Crippen LogP) is 2.39. The van der Waals surface area contributed by atoms with E-state index in [-0.39, 0.29) is 0 Å². The van der Waals surface area contributed by atoms with Crippen molar-refractivity contribution in [1.82, 2.24) is 5.32 Å². The minimum atomic E-state index is 0.722. The zero-order valence-electron chi connectivity index (χ0n) is 10.0. The molecule has 0 aromatic heterocycles. The Hall–Kier alpha value is 0.270. The lowest BCUT2D eigenvalue weighted by molar-refractivity contribution is 0.194. The van der Waals surface area contributed by atoms with Crippen molar-refractivity contribution >= 4 is 11.8 Å². The van der Waals surface area contributed by atoms with Gasteiger partial charge in [0, 0.05) is 25.5 Å². The van der Waals surface area contributed by atoms with Crippen molar-refractivity contribution in [3.63, 3.8) is 0 Å². The highest BCUT2D eigenvalue weighted by Gasteiger charge is 2.02. The van der Waals surface area contributed by atoms with Crippen molar-refractivity contribution in [2.24, 2.45) is 5.92 Å². The molecule has 0 rings (SSSR count). The Labute approximate surface area is 93.2 Å². The summed E-state index contributed by atoms with van der Waals surface area (Å²) in [5.41, 5.74) is 0. The molecule has 0 heterocycles. The van der Waals surface area contributed by atoms with Crippen LogP contribution in [0, 0.1) is 5.92 Å². The number of rotatable bonds is 9. The quantitative estimate of drug-likeness (QED) is 0.602. The Morgan fingerprint density at radius 3 is 2.57 bits per heavy atom. The van der Waals surface area contributed by atoms with Crippen molar-refractivity contribution in [2.75, 3.05) is 32.6 Å². The molecule has 0 amide bonds. The monoisotopic (exact) mass is 219 g/mol. The average molecular weight is 219 g/mol. The summed E-state index contributed by atoms with van der Waals surface area (Å²) in [6.07, 6.45) is 1.11. The largest absolute Gasteiger partial charge is 0.385 e. The third-order valence-electron chi connectivity index (χ3n) is 1.85. The van der Waals surface area contributed by atoms with Crippen LogP contribution in [0.25, 0.3) is 0 Å². The molecule has 3 heteroatoms. The van der Waals surface area contributed by atoms with Gasteiger partial charge < -0.3 is 10.1 Å². The minimum absolute atomic E-state index is 0.722. The fourth-order valence-electron chi connectivity index (χ4n) is 1.06. The summed E-state index contributed by atoms with van der Waals surface area (Å²) in [7, 11) is 1.75. The second kappa shape index (κ2) is 9.81. The maximum Gasteiger partial charge on any atom is 0.0474 e. The molecular weight excluding hydrogens is 194 g/mol. The molecule has 86 valence electrons. The van der Waals surface area contributed by atoms with Crippen LogP contribution >= 0.6 is 11.8 Å². The number of thioether (sulfide) groups is 1. The lowest BCUT2D eigenvalue weighted by atomic mass is 10.3. The topological polar surface area (TPSA) is 21.3 Å². The first-order valence-corrected chi connectivity index (χ1v) is 6.53. The van der Waals surface area contributed by atoms with Gasteiger partial charge in [-0.25, -0.2) is 0 Å². The second-order valence-corrected chi connectivity index (χ2v) is 5.56. The van der Waals surface area contributed by atoms with Crippen LogP contribution in [0.4, 0.5) is 0 Å². The molecule has 0 aliphatic heterocycles. The molecule has 0 fully saturated rings. The van der Waals surface area contributed by atoms with Crippen molar-refractivity contribution < 1.29 is 4.74 Å². The predicted molar refractivity (Wildman–Crippen MR) is 66.1 cm³/mol. The summed E-state index contributed by atoms with van der Waals surface area (Å²) < 4.78 is 4.98. The van der Waals surface area contributed by atoms with Gasteiger partial charge in [-0.3, -0.25) is 0 Å². The van der Waals surface area contributed by atoms with E-state index in [1.165, 1.54) is 5.75 Å². The number of hydrogen-bond acceptors (Lipinski definition) is 3. The molecule has 0 saturated heterocycles. The number of nitrogens with one attached hydrogen (secondary N) is 1. The van der Waals surface area contributed by atoms with Crippen molar-refractivity contribution in [3.8, 4) is 0 Å². The standard InChI is InChI=1S/C11H25NOS/c1-10(2)9-14-11(3)8-12-6-5-7-13-4/h10-12H,5-9H2,1-4H3. The van der Waals surface area contributed by atoms with E-state index in [0.29, 0.717) is 0 Å². The third kappa shape index (κ3) is 10.4. The van der Waals surface area contributed by atoms with Crippen molar-refractivity contribution in [3.05, 3.63) is 0 Å². The smallest absolute Gasteiger partial charge is 0.0474 e. The Balaban J connectivity index is 3.14. The average Bonchev–Trinajstić information content (AvgIpc) is 2.14. The van der Waals surface area contributed by atoms with Crippen LogP contribution < -0.4 is 5.32 Å². The molecule has 0 aliphatic rings. The summed E-state index contributed by atoms with van der Waals surface area (Å²) in [4.78, 5) is 0. The van der Waals surface area contributed by atoms with E-state index in [1.807, 2.05) is 0 Å². The SMILES string of the molecule is COCCCNCC(C)SCC(C)C. The zero-order valence-corrected chi connectivity index (χ0v) is 10.8. The van der Waals surface area contributed by atoms with Crippen LogP contribution in [-0.2, 0) is 4.74 Å². The summed E-state index contributed by atoms with van der Waals surface area (Å²) in [6, 6.07) is 0. The van der Waals surface area contributed by atoms with Crippen molar-refractivity contribution in [1.29, 1.82) is 0 Å². The summed E-state index contributed by atoms with van der Waals surface area (Å²) in [6.45, 7) is 9.87. The summed E-state index contributed by atoms with van der Waals surface area (Å²) in [5, 5.41) is 4.17. The van der Waals surface area contributed by atoms with Crippen LogP contribution in [0.3, 0.4) is 0 Å². The van der Waals surface area contributed by atoms with Gasteiger partial charge in [0.05, 0.1) is 0 Å². The van der Waals surface area contributed by atoms with Gasteiger partial charge >= 0.3 is 0 Å². The molecule has 1 unspecified atom stereocenters. The summed E-state index contributed by atoms with van der Waals surface area (Å²) in [5.74, 6) is 2.07. The van der Waals surface area contributed by atoms with Crippen molar-refractivity contribution in [2.45, 2.75) is 32.4 Å². The highest BCUT2D eigenvalue weighted by Crippen LogP contribution is 2.13. The number of ether oxygens (including phenoxy) is 1. The first-order chi connectivity index (χ1) is 6.66. The van der Waals surface area contributed by atoms with Gasteiger partial charge in [0.1, 0.15) is 0 Å². The van der Waals surface area contributed by atoms with Crippen LogP contribution in [0.5, 0.6) is 0 Å². The maximum atomic E-state index is 4.98. The van der Waals surface area contributed by atoms with E-state index in [4.69, 9.17) is 4.74 Å². The lowest BCUT2D eigenvalue weighted by Crippen LogP contribution is -2.25. The van der Waals surface area contributed by atoms with E-state index >= 15 is 0 Å². The van der Waals surface area contributed by atoms with E-state index in [2.05, 4.69) is 37.8 Å². The zero-order chi connectivity index (χ0) is 10.8. The Morgan fingerprint density at radius 2 is 2.00 bits per heavy atom. The molecule has 2 nitrogen and oxygen atoms in total. The molecule has 0 radical (unpaired) electrons. The molecule has 0 bridgehead atoms. The molecule has 0 spiro atoms. The number of methoxy groups -OCH3 is 1. The van der Waals surface area contributed by atoms with Crippen LogP contribution in [-0.4, -0.2) is 37.8 Å². The molecular formula is C11H25NOS. The highest BCUT2D eigenvalue weighted by atomic mass is 32.2. The molecule has 0 aromatic rings. The van der Waals surface area contributed by atoms with Gasteiger partial charge in [-0.1, -0.05) is 20.8 Å². The fourth-order valence-corrected chi connectivity index (χ4v) is 2.01. The maximum absolute atomic E-state index is 4.98. The Morgan fingerprint density at radius 1 is 1.29 bits per heavy atom. The van der Waals surface area contributed by atoms with Crippen LogP contribution in [0.15, 0.2) is 0 Å². The van der Waals surface area contributed by atoms with E-state index < -0.39 is 0 Å². The normalized spacial score (nSPS) is 13.5. The molecule has 0 saturated carbocycles.